The van der Waals surface area contributed by atoms with Crippen molar-refractivity contribution in [3.05, 3.63) is 47.3 Å². The van der Waals surface area contributed by atoms with Gasteiger partial charge in [0.25, 0.3) is 5.91 Å². The SMILES string of the molecule is COc1ccc([C@H](CC(=O)O)NC(=O)c2cc(C)on2)cc1. The molecule has 0 radical (unpaired) electrons. The molecule has 0 unspecified atom stereocenters. The van der Waals surface area contributed by atoms with Crippen molar-refractivity contribution < 1.29 is 24.0 Å². The molecule has 0 fully saturated rings. The van der Waals surface area contributed by atoms with E-state index in [4.69, 9.17) is 14.4 Å². The Balaban J connectivity index is 2.18. The Morgan fingerprint density at radius 3 is 2.55 bits per heavy atom. The van der Waals surface area contributed by atoms with Crippen LogP contribution in [0.1, 0.15) is 34.3 Å². The largest absolute Gasteiger partial charge is 0.497 e. The number of aliphatic carboxylic acids is 1. The molecular weight excluding hydrogens is 288 g/mol. The van der Waals surface area contributed by atoms with Gasteiger partial charge in [0.15, 0.2) is 5.69 Å². The van der Waals surface area contributed by atoms with E-state index in [1.54, 1.807) is 38.3 Å². The fourth-order valence-corrected chi connectivity index (χ4v) is 1.97. The average molecular weight is 304 g/mol. The number of hydrogen-bond donors (Lipinski definition) is 2. The van der Waals surface area contributed by atoms with Crippen LogP contribution in [0.25, 0.3) is 0 Å². The number of amides is 1. The third-order valence-corrected chi connectivity index (χ3v) is 3.06. The van der Waals surface area contributed by atoms with Crippen molar-refractivity contribution in [3.63, 3.8) is 0 Å². The number of carbonyl (C=O) groups is 2. The van der Waals surface area contributed by atoms with E-state index in [9.17, 15) is 9.59 Å². The van der Waals surface area contributed by atoms with Crippen molar-refractivity contribution >= 4 is 11.9 Å². The highest BCUT2D eigenvalue weighted by Crippen LogP contribution is 2.21. The standard InChI is InChI=1S/C15H16N2O5/c1-9-7-13(17-22-9)15(20)16-12(8-14(18)19)10-3-5-11(21-2)6-4-10/h3-7,12H,8H2,1-2H3,(H,16,20)(H,18,19)/t12-/m0/s1. The summed E-state index contributed by atoms with van der Waals surface area (Å²) in [6.07, 6.45) is -0.241. The molecule has 1 aromatic heterocycles. The molecule has 0 aliphatic rings. The van der Waals surface area contributed by atoms with Gasteiger partial charge in [-0.3, -0.25) is 9.59 Å². The first kappa shape index (κ1) is 15.6. The van der Waals surface area contributed by atoms with E-state index in [-0.39, 0.29) is 12.1 Å². The zero-order valence-electron chi connectivity index (χ0n) is 12.2. The van der Waals surface area contributed by atoms with Gasteiger partial charge in [0.05, 0.1) is 19.6 Å². The molecule has 2 aromatic rings. The zero-order valence-corrected chi connectivity index (χ0v) is 12.2. The van der Waals surface area contributed by atoms with E-state index in [2.05, 4.69) is 10.5 Å². The molecular formula is C15H16N2O5. The predicted octanol–water partition coefficient (Wildman–Crippen LogP) is 1.94. The van der Waals surface area contributed by atoms with E-state index in [0.29, 0.717) is 17.1 Å². The summed E-state index contributed by atoms with van der Waals surface area (Å²) in [6, 6.07) is 7.64. The van der Waals surface area contributed by atoms with Gasteiger partial charge >= 0.3 is 5.97 Å². The fraction of sp³-hybridized carbons (Fsp3) is 0.267. The summed E-state index contributed by atoms with van der Waals surface area (Å²) in [5.74, 6) is -0.350. The number of carboxylic acids is 1. The van der Waals surface area contributed by atoms with Crippen molar-refractivity contribution in [3.8, 4) is 5.75 Å². The topological polar surface area (TPSA) is 102 Å². The van der Waals surface area contributed by atoms with Gasteiger partial charge in [-0.2, -0.15) is 0 Å². The molecule has 7 nitrogen and oxygen atoms in total. The first-order chi connectivity index (χ1) is 10.5. The summed E-state index contributed by atoms with van der Waals surface area (Å²) in [4.78, 5) is 23.1. The normalized spacial score (nSPS) is 11.7. The number of hydrogen-bond acceptors (Lipinski definition) is 5. The van der Waals surface area contributed by atoms with Gasteiger partial charge in [0.1, 0.15) is 11.5 Å². The van der Waals surface area contributed by atoms with Gasteiger partial charge in [-0.25, -0.2) is 0 Å². The zero-order chi connectivity index (χ0) is 16.1. The molecule has 0 spiro atoms. The summed E-state index contributed by atoms with van der Waals surface area (Å²) in [5.41, 5.74) is 0.776. The summed E-state index contributed by atoms with van der Waals surface area (Å²) in [5, 5.41) is 15.3. The maximum absolute atomic E-state index is 12.1. The lowest BCUT2D eigenvalue weighted by Crippen LogP contribution is -2.30. The summed E-state index contributed by atoms with van der Waals surface area (Å²) in [6.45, 7) is 1.67. The second-order valence-electron chi connectivity index (χ2n) is 4.72. The van der Waals surface area contributed by atoms with Crippen LogP contribution in [-0.2, 0) is 4.79 Å². The van der Waals surface area contributed by atoms with Crippen LogP contribution in [0.15, 0.2) is 34.9 Å². The van der Waals surface area contributed by atoms with Gasteiger partial charge in [-0.15, -0.1) is 0 Å². The van der Waals surface area contributed by atoms with Gasteiger partial charge < -0.3 is 19.7 Å². The van der Waals surface area contributed by atoms with Crippen LogP contribution in [0.5, 0.6) is 5.75 Å². The molecule has 1 amide bonds. The Morgan fingerprint density at radius 1 is 1.36 bits per heavy atom. The maximum atomic E-state index is 12.1. The number of benzene rings is 1. The number of carboxylic acid groups (broad SMARTS) is 1. The molecule has 116 valence electrons. The lowest BCUT2D eigenvalue weighted by Gasteiger charge is -2.17. The minimum Gasteiger partial charge on any atom is -0.497 e. The Morgan fingerprint density at radius 2 is 2.05 bits per heavy atom. The van der Waals surface area contributed by atoms with Crippen LogP contribution < -0.4 is 10.1 Å². The number of aromatic nitrogens is 1. The molecule has 2 rings (SSSR count). The lowest BCUT2D eigenvalue weighted by atomic mass is 10.0. The highest BCUT2D eigenvalue weighted by Gasteiger charge is 2.20. The van der Waals surface area contributed by atoms with Crippen LogP contribution in [0, 0.1) is 6.92 Å². The van der Waals surface area contributed by atoms with Gasteiger partial charge in [0.2, 0.25) is 0 Å². The Kier molecular flexibility index (Phi) is 4.77. The Bertz CT molecular complexity index is 663. The van der Waals surface area contributed by atoms with Crippen molar-refractivity contribution in [1.29, 1.82) is 0 Å². The second-order valence-corrected chi connectivity index (χ2v) is 4.72. The summed E-state index contributed by atoms with van der Waals surface area (Å²) >= 11 is 0. The van der Waals surface area contributed by atoms with Crippen molar-refractivity contribution in [2.75, 3.05) is 7.11 Å². The average Bonchev–Trinajstić information content (AvgIpc) is 2.93. The third-order valence-electron chi connectivity index (χ3n) is 3.06. The predicted molar refractivity (Wildman–Crippen MR) is 76.7 cm³/mol. The molecule has 1 heterocycles. The Hall–Kier alpha value is -2.83. The maximum Gasteiger partial charge on any atom is 0.305 e. The highest BCUT2D eigenvalue weighted by molar-refractivity contribution is 5.92. The minimum absolute atomic E-state index is 0.112. The van der Waals surface area contributed by atoms with Crippen molar-refractivity contribution in [1.82, 2.24) is 10.5 Å². The fourth-order valence-electron chi connectivity index (χ4n) is 1.97. The molecule has 1 aromatic carbocycles. The number of rotatable bonds is 6. The van der Waals surface area contributed by atoms with Crippen LogP contribution in [0.3, 0.4) is 0 Å². The van der Waals surface area contributed by atoms with E-state index in [0.717, 1.165) is 0 Å². The van der Waals surface area contributed by atoms with E-state index < -0.39 is 17.9 Å². The molecule has 0 aliphatic carbocycles. The highest BCUT2D eigenvalue weighted by atomic mass is 16.5. The monoisotopic (exact) mass is 304 g/mol. The van der Waals surface area contributed by atoms with Crippen molar-refractivity contribution in [2.45, 2.75) is 19.4 Å². The number of aryl methyl sites for hydroxylation is 1. The third kappa shape index (κ3) is 3.85. The van der Waals surface area contributed by atoms with Gasteiger partial charge in [-0.05, 0) is 24.6 Å². The number of nitrogens with zero attached hydrogens (tertiary/aromatic N) is 1. The molecule has 0 saturated heterocycles. The first-order valence-electron chi connectivity index (χ1n) is 6.59. The van der Waals surface area contributed by atoms with E-state index in [1.807, 2.05) is 0 Å². The van der Waals surface area contributed by atoms with E-state index in [1.165, 1.54) is 6.07 Å². The second kappa shape index (κ2) is 6.75. The lowest BCUT2D eigenvalue weighted by molar-refractivity contribution is -0.137. The van der Waals surface area contributed by atoms with Gasteiger partial charge in [0, 0.05) is 6.07 Å². The van der Waals surface area contributed by atoms with Crippen LogP contribution in [-0.4, -0.2) is 29.2 Å². The Labute approximate surface area is 126 Å². The summed E-state index contributed by atoms with van der Waals surface area (Å²) < 4.78 is 9.90. The minimum atomic E-state index is -1.02. The van der Waals surface area contributed by atoms with Crippen LogP contribution in [0.4, 0.5) is 0 Å². The molecule has 2 N–H and O–H groups in total. The summed E-state index contributed by atoms with van der Waals surface area (Å²) in [7, 11) is 1.54. The molecule has 0 aliphatic heterocycles. The molecule has 7 heteroatoms. The quantitative estimate of drug-likeness (QED) is 0.845. The van der Waals surface area contributed by atoms with E-state index >= 15 is 0 Å². The first-order valence-corrected chi connectivity index (χ1v) is 6.59. The number of ether oxygens (including phenoxy) is 1. The van der Waals surface area contributed by atoms with Crippen molar-refractivity contribution in [2.24, 2.45) is 0 Å². The molecule has 0 saturated carbocycles. The smallest absolute Gasteiger partial charge is 0.305 e. The van der Waals surface area contributed by atoms with Crippen LogP contribution >= 0.6 is 0 Å². The number of methoxy groups -OCH3 is 1. The number of carbonyl (C=O) groups excluding carboxylic acids is 1. The molecule has 22 heavy (non-hydrogen) atoms. The number of nitrogens with one attached hydrogen (secondary N) is 1. The molecule has 0 bridgehead atoms. The molecule has 1 atom stereocenters. The van der Waals surface area contributed by atoms with Crippen LogP contribution in [0.2, 0.25) is 0 Å². The van der Waals surface area contributed by atoms with Gasteiger partial charge in [-0.1, -0.05) is 17.3 Å².